The molecule has 0 saturated carbocycles. The Kier molecular flexibility index (Phi) is 9.27. The van der Waals surface area contributed by atoms with Crippen molar-refractivity contribution in [2.24, 2.45) is 0 Å². The molecular weight excluding hydrogens is 327 g/mol. The van der Waals surface area contributed by atoms with Gasteiger partial charge in [-0.15, -0.1) is 0 Å². The first-order valence-corrected chi connectivity index (χ1v) is 8.92. The van der Waals surface area contributed by atoms with Crippen LogP contribution in [0.15, 0.2) is 30.6 Å². The van der Waals surface area contributed by atoms with Crippen LogP contribution in [0.3, 0.4) is 0 Å². The number of unbranched alkanes of at least 4 members (excludes halogenated alkanes) is 5. The van der Waals surface area contributed by atoms with Gasteiger partial charge >= 0.3 is 33.0 Å². The van der Waals surface area contributed by atoms with Crippen LogP contribution in [0.25, 0.3) is 0 Å². The fourth-order valence-electron chi connectivity index (χ4n) is 1.66. The zero-order valence-corrected chi connectivity index (χ0v) is 12.9. The first kappa shape index (κ1) is 23.4. The minimum absolute atomic E-state index is 0. The van der Waals surface area contributed by atoms with E-state index >= 15 is 0 Å². The number of halogens is 6. The molecule has 1 rings (SSSR count). The van der Waals surface area contributed by atoms with Crippen molar-refractivity contribution in [1.82, 2.24) is 0 Å². The molecule has 0 saturated heterocycles. The zero-order valence-electron chi connectivity index (χ0n) is 12.0. The Morgan fingerprint density at radius 1 is 0.727 bits per heavy atom. The third kappa shape index (κ3) is 27.5. The van der Waals surface area contributed by atoms with E-state index in [1.807, 2.05) is 0 Å². The summed E-state index contributed by atoms with van der Waals surface area (Å²) in [4.78, 5) is 0. The number of rotatable bonds is 7. The van der Waals surface area contributed by atoms with Gasteiger partial charge in [-0.25, -0.2) is 4.57 Å². The Bertz CT molecular complexity index is 378. The van der Waals surface area contributed by atoms with Gasteiger partial charge in [-0.2, -0.15) is 0 Å². The first-order valence-electron chi connectivity index (χ1n) is 6.89. The minimum atomic E-state index is -10.7. The van der Waals surface area contributed by atoms with Gasteiger partial charge in [0.2, 0.25) is 0 Å². The molecule has 8 heteroatoms. The van der Waals surface area contributed by atoms with Crippen LogP contribution in [-0.4, -0.2) is 0 Å². The van der Waals surface area contributed by atoms with Gasteiger partial charge in [0.05, 0.1) is 0 Å². The van der Waals surface area contributed by atoms with Gasteiger partial charge < -0.3 is 0 Å². The predicted octanol–water partition coefficient (Wildman–Crippen LogP) is 7.35. The molecule has 0 aliphatic rings. The Balaban J connectivity index is 0. The normalized spacial score (nSPS) is 14.0. The molecule has 0 spiro atoms. The van der Waals surface area contributed by atoms with Crippen molar-refractivity contribution >= 4 is 7.81 Å². The second kappa shape index (κ2) is 8.70. The molecule has 0 aliphatic carbocycles. The fourth-order valence-corrected chi connectivity index (χ4v) is 1.66. The van der Waals surface area contributed by atoms with Crippen molar-refractivity contribution in [3.05, 3.63) is 30.6 Å². The second-order valence-electron chi connectivity index (χ2n) is 4.84. The Morgan fingerprint density at radius 2 is 1.14 bits per heavy atom. The molecule has 0 aromatic carbocycles. The summed E-state index contributed by atoms with van der Waals surface area (Å²) in [6.07, 6.45) is 12.5. The van der Waals surface area contributed by atoms with Crippen molar-refractivity contribution in [3.63, 3.8) is 0 Å². The SMILES string of the molecule is C.CCCCCCCC[n+]1ccccc1.F[P-](F)(F)(F)(F)F. The van der Waals surface area contributed by atoms with E-state index in [-0.39, 0.29) is 7.43 Å². The third-order valence-electron chi connectivity index (χ3n) is 2.55. The molecular formula is C14H26F6NP. The maximum absolute atomic E-state index is 10.7. The molecule has 0 N–H and O–H groups in total. The van der Waals surface area contributed by atoms with Crippen LogP contribution in [-0.2, 0) is 6.54 Å². The summed E-state index contributed by atoms with van der Waals surface area (Å²) in [6, 6.07) is 6.26. The molecule has 1 nitrogen and oxygen atoms in total. The summed E-state index contributed by atoms with van der Waals surface area (Å²) in [5, 5.41) is 0. The number of aromatic nitrogens is 1. The summed E-state index contributed by atoms with van der Waals surface area (Å²) in [6.45, 7) is 3.44. The monoisotopic (exact) mass is 353 g/mol. The maximum atomic E-state index is 9.87. The Labute approximate surface area is 128 Å². The molecule has 0 amide bonds. The molecule has 1 aromatic heterocycles. The predicted molar refractivity (Wildman–Crippen MR) is 80.3 cm³/mol. The van der Waals surface area contributed by atoms with Gasteiger partial charge in [-0.3, -0.25) is 0 Å². The zero-order chi connectivity index (χ0) is 16.5. The van der Waals surface area contributed by atoms with Crippen molar-refractivity contribution in [1.29, 1.82) is 0 Å². The van der Waals surface area contributed by atoms with E-state index in [9.17, 15) is 25.2 Å². The summed E-state index contributed by atoms with van der Waals surface area (Å²) in [7, 11) is -10.7. The number of nitrogens with zero attached hydrogens (tertiary/aromatic N) is 1. The van der Waals surface area contributed by atoms with E-state index in [0.717, 1.165) is 0 Å². The second-order valence-corrected chi connectivity index (χ2v) is 6.76. The fraction of sp³-hybridized carbons (Fsp3) is 0.643. The van der Waals surface area contributed by atoms with Crippen LogP contribution in [0.2, 0.25) is 0 Å². The molecule has 0 fully saturated rings. The first-order chi connectivity index (χ1) is 9.38. The van der Waals surface area contributed by atoms with Crippen LogP contribution in [0.1, 0.15) is 52.9 Å². The van der Waals surface area contributed by atoms with Crippen LogP contribution in [0.4, 0.5) is 25.2 Å². The molecule has 134 valence electrons. The van der Waals surface area contributed by atoms with Crippen LogP contribution in [0.5, 0.6) is 0 Å². The van der Waals surface area contributed by atoms with Crippen LogP contribution >= 0.6 is 7.81 Å². The Morgan fingerprint density at radius 3 is 1.59 bits per heavy atom. The number of hydrogen-bond donors (Lipinski definition) is 0. The number of aryl methyl sites for hydroxylation is 1. The Hall–Kier alpha value is -0.840. The van der Waals surface area contributed by atoms with Gasteiger partial charge in [0.15, 0.2) is 12.4 Å². The van der Waals surface area contributed by atoms with E-state index in [4.69, 9.17) is 0 Å². The molecule has 0 bridgehead atoms. The number of hydrogen-bond acceptors (Lipinski definition) is 0. The van der Waals surface area contributed by atoms with Gasteiger partial charge in [0, 0.05) is 18.6 Å². The molecule has 1 aromatic rings. The molecule has 22 heavy (non-hydrogen) atoms. The van der Waals surface area contributed by atoms with Crippen molar-refractivity contribution in [3.8, 4) is 0 Å². The van der Waals surface area contributed by atoms with Gasteiger partial charge in [-0.05, 0) is 6.42 Å². The third-order valence-corrected chi connectivity index (χ3v) is 2.55. The van der Waals surface area contributed by atoms with Gasteiger partial charge in [0.1, 0.15) is 6.54 Å². The summed E-state index contributed by atoms with van der Waals surface area (Å²) < 4.78 is 61.5. The average Bonchev–Trinajstić information content (AvgIpc) is 2.31. The van der Waals surface area contributed by atoms with E-state index in [0.29, 0.717) is 0 Å². The quantitative estimate of drug-likeness (QED) is 0.209. The van der Waals surface area contributed by atoms with E-state index < -0.39 is 7.81 Å². The average molecular weight is 353 g/mol. The summed E-state index contributed by atoms with van der Waals surface area (Å²) in [5.41, 5.74) is 0. The molecule has 0 aliphatic heterocycles. The molecule has 0 unspecified atom stereocenters. The topological polar surface area (TPSA) is 3.88 Å². The molecule has 0 atom stereocenters. The van der Waals surface area contributed by atoms with Crippen molar-refractivity contribution in [2.45, 2.75) is 59.4 Å². The van der Waals surface area contributed by atoms with E-state index in [1.165, 1.54) is 45.1 Å². The van der Waals surface area contributed by atoms with E-state index in [1.54, 1.807) is 0 Å². The number of pyridine rings is 1. The molecule has 0 radical (unpaired) electrons. The molecule has 1 heterocycles. The standard InChI is InChI=1S/C13H22N.CH4.F6P/c1-2-3-4-5-6-8-11-14-12-9-7-10-13-14;;1-7(2,3,4,5)6/h7,9-10,12-13H,2-6,8,11H2,1H3;1H4;/q+1;;-1. The van der Waals surface area contributed by atoms with E-state index in [2.05, 4.69) is 42.1 Å². The van der Waals surface area contributed by atoms with Crippen molar-refractivity contribution in [2.75, 3.05) is 0 Å². The van der Waals surface area contributed by atoms with Gasteiger partial charge in [0.25, 0.3) is 0 Å². The van der Waals surface area contributed by atoms with Crippen LogP contribution in [0, 0.1) is 0 Å². The summed E-state index contributed by atoms with van der Waals surface area (Å²) >= 11 is 0. The van der Waals surface area contributed by atoms with Crippen LogP contribution < -0.4 is 4.57 Å². The van der Waals surface area contributed by atoms with Gasteiger partial charge in [-0.1, -0.05) is 46.1 Å². The summed E-state index contributed by atoms with van der Waals surface area (Å²) in [5.74, 6) is 0. The van der Waals surface area contributed by atoms with Crippen molar-refractivity contribution < 1.29 is 29.7 Å².